The van der Waals surface area contributed by atoms with Gasteiger partial charge in [0.1, 0.15) is 0 Å². The van der Waals surface area contributed by atoms with E-state index in [2.05, 4.69) is 23.5 Å². The molecule has 1 aliphatic rings. The number of carbonyl (C=O) groups excluding carboxylic acids is 2. The fraction of sp³-hybridized carbons (Fsp3) is 0.846. The number of ether oxygens (including phenoxy) is 1. The van der Waals surface area contributed by atoms with Crippen molar-refractivity contribution in [3.63, 3.8) is 0 Å². The van der Waals surface area contributed by atoms with Crippen molar-refractivity contribution in [1.82, 2.24) is 9.80 Å². The Morgan fingerprint density at radius 1 is 1.44 bits per heavy atom. The summed E-state index contributed by atoms with van der Waals surface area (Å²) in [6.45, 7) is 8.56. The Kier molecular flexibility index (Phi) is 4.73. The van der Waals surface area contributed by atoms with Crippen molar-refractivity contribution in [3.05, 3.63) is 0 Å². The van der Waals surface area contributed by atoms with Crippen LogP contribution in [0.4, 0.5) is 0 Å². The highest BCUT2D eigenvalue weighted by molar-refractivity contribution is 5.86. The summed E-state index contributed by atoms with van der Waals surface area (Å²) in [6, 6.07) is -0.394. The second-order valence-electron chi connectivity index (χ2n) is 5.72. The van der Waals surface area contributed by atoms with Gasteiger partial charge in [-0.15, -0.1) is 0 Å². The SMILES string of the molecule is CCN1CC(C)(C)CN(C)C(=O)C1CC(=O)OC. The molecule has 5 heteroatoms. The van der Waals surface area contributed by atoms with Crippen molar-refractivity contribution in [2.45, 2.75) is 33.2 Å². The van der Waals surface area contributed by atoms with Crippen molar-refractivity contribution in [1.29, 1.82) is 0 Å². The standard InChI is InChI=1S/C13H24N2O3/c1-6-15-9-13(2,3)8-14(4)12(17)10(15)7-11(16)18-5/h10H,6-9H2,1-5H3. The monoisotopic (exact) mass is 256 g/mol. The van der Waals surface area contributed by atoms with E-state index >= 15 is 0 Å². The highest BCUT2D eigenvalue weighted by Crippen LogP contribution is 2.25. The summed E-state index contributed by atoms with van der Waals surface area (Å²) < 4.78 is 4.69. The lowest BCUT2D eigenvalue weighted by molar-refractivity contribution is -0.146. The Labute approximate surface area is 109 Å². The van der Waals surface area contributed by atoms with Crippen LogP contribution in [-0.2, 0) is 14.3 Å². The second kappa shape index (κ2) is 5.69. The van der Waals surface area contributed by atoms with Gasteiger partial charge >= 0.3 is 5.97 Å². The van der Waals surface area contributed by atoms with Gasteiger partial charge in [-0.25, -0.2) is 0 Å². The van der Waals surface area contributed by atoms with Crippen molar-refractivity contribution >= 4 is 11.9 Å². The number of carbonyl (C=O) groups is 2. The zero-order valence-corrected chi connectivity index (χ0v) is 12.0. The summed E-state index contributed by atoms with van der Waals surface area (Å²) in [4.78, 5) is 27.6. The van der Waals surface area contributed by atoms with Gasteiger partial charge in [0.05, 0.1) is 19.6 Å². The third-order valence-electron chi connectivity index (χ3n) is 3.39. The van der Waals surface area contributed by atoms with Crippen LogP contribution in [0, 0.1) is 5.41 Å². The number of likely N-dealkylation sites (N-methyl/N-ethyl adjacent to an activating group) is 2. The number of hydrogen-bond donors (Lipinski definition) is 0. The van der Waals surface area contributed by atoms with Gasteiger partial charge in [0.15, 0.2) is 0 Å². The predicted octanol–water partition coefficient (Wildman–Crippen LogP) is 0.738. The van der Waals surface area contributed by atoms with Crippen molar-refractivity contribution < 1.29 is 14.3 Å². The molecule has 5 nitrogen and oxygen atoms in total. The van der Waals surface area contributed by atoms with Crippen LogP contribution in [0.2, 0.25) is 0 Å². The first-order valence-electron chi connectivity index (χ1n) is 6.36. The second-order valence-corrected chi connectivity index (χ2v) is 5.72. The molecule has 0 spiro atoms. The van der Waals surface area contributed by atoms with Crippen molar-refractivity contribution in [2.24, 2.45) is 5.41 Å². The van der Waals surface area contributed by atoms with Crippen LogP contribution in [0.25, 0.3) is 0 Å². The first-order valence-corrected chi connectivity index (χ1v) is 6.36. The van der Waals surface area contributed by atoms with Gasteiger partial charge in [-0.05, 0) is 12.0 Å². The molecular weight excluding hydrogens is 232 g/mol. The lowest BCUT2D eigenvalue weighted by Crippen LogP contribution is -2.46. The zero-order chi connectivity index (χ0) is 13.9. The van der Waals surface area contributed by atoms with Crippen LogP contribution >= 0.6 is 0 Å². The smallest absolute Gasteiger partial charge is 0.307 e. The van der Waals surface area contributed by atoms with E-state index in [4.69, 9.17) is 0 Å². The Morgan fingerprint density at radius 2 is 2.06 bits per heavy atom. The Morgan fingerprint density at radius 3 is 2.56 bits per heavy atom. The van der Waals surface area contributed by atoms with Crippen molar-refractivity contribution in [3.8, 4) is 0 Å². The van der Waals surface area contributed by atoms with Gasteiger partial charge in [0.25, 0.3) is 0 Å². The molecule has 0 N–H and O–H groups in total. The predicted molar refractivity (Wildman–Crippen MR) is 69.1 cm³/mol. The summed E-state index contributed by atoms with van der Waals surface area (Å²) >= 11 is 0. The van der Waals surface area contributed by atoms with E-state index < -0.39 is 6.04 Å². The summed E-state index contributed by atoms with van der Waals surface area (Å²) in [5.41, 5.74) is 0.0330. The molecular formula is C13H24N2O3. The van der Waals surface area contributed by atoms with E-state index in [0.717, 1.165) is 13.1 Å². The fourth-order valence-electron chi connectivity index (χ4n) is 2.63. The largest absolute Gasteiger partial charge is 0.469 e. The quantitative estimate of drug-likeness (QED) is 0.699. The molecule has 1 aliphatic heterocycles. The topological polar surface area (TPSA) is 49.9 Å². The van der Waals surface area contributed by atoms with Crippen LogP contribution in [0.1, 0.15) is 27.2 Å². The maximum absolute atomic E-state index is 12.3. The number of methoxy groups -OCH3 is 1. The molecule has 1 heterocycles. The average Bonchev–Trinajstić information content (AvgIpc) is 2.38. The Hall–Kier alpha value is -1.10. The third-order valence-corrected chi connectivity index (χ3v) is 3.39. The maximum Gasteiger partial charge on any atom is 0.307 e. The molecule has 1 fully saturated rings. The molecule has 0 radical (unpaired) electrons. The summed E-state index contributed by atoms with van der Waals surface area (Å²) in [6.07, 6.45) is 0.129. The number of esters is 1. The zero-order valence-electron chi connectivity index (χ0n) is 12.0. The fourth-order valence-corrected chi connectivity index (χ4v) is 2.63. The molecule has 1 unspecified atom stereocenters. The van der Waals surface area contributed by atoms with Gasteiger partial charge in [0, 0.05) is 20.1 Å². The molecule has 1 amide bonds. The minimum absolute atomic E-state index is 0.00725. The van der Waals surface area contributed by atoms with E-state index in [1.807, 2.05) is 6.92 Å². The lowest BCUT2D eigenvalue weighted by atomic mass is 9.92. The van der Waals surface area contributed by atoms with E-state index in [1.54, 1.807) is 11.9 Å². The minimum atomic E-state index is -0.394. The molecule has 1 saturated heterocycles. The van der Waals surface area contributed by atoms with Gasteiger partial charge in [0.2, 0.25) is 5.91 Å². The molecule has 104 valence electrons. The molecule has 18 heavy (non-hydrogen) atoms. The Bertz CT molecular complexity index is 328. The van der Waals surface area contributed by atoms with Crippen LogP contribution < -0.4 is 0 Å². The molecule has 0 saturated carbocycles. The molecule has 1 rings (SSSR count). The summed E-state index contributed by atoms with van der Waals surface area (Å²) in [5.74, 6) is -0.326. The number of amides is 1. The van der Waals surface area contributed by atoms with E-state index in [0.29, 0.717) is 6.54 Å². The van der Waals surface area contributed by atoms with Gasteiger partial charge in [-0.3, -0.25) is 14.5 Å². The molecule has 0 bridgehead atoms. The van der Waals surface area contributed by atoms with Gasteiger partial charge in [-0.2, -0.15) is 0 Å². The number of hydrogen-bond acceptors (Lipinski definition) is 4. The van der Waals surface area contributed by atoms with Crippen molar-refractivity contribution in [2.75, 3.05) is 33.8 Å². The van der Waals surface area contributed by atoms with Crippen LogP contribution in [0.5, 0.6) is 0 Å². The molecule has 0 aromatic rings. The minimum Gasteiger partial charge on any atom is -0.469 e. The van der Waals surface area contributed by atoms with Gasteiger partial charge < -0.3 is 9.64 Å². The summed E-state index contributed by atoms with van der Waals surface area (Å²) in [7, 11) is 3.15. The van der Waals surface area contributed by atoms with Gasteiger partial charge in [-0.1, -0.05) is 20.8 Å². The third kappa shape index (κ3) is 3.45. The Balaban J connectivity index is 2.95. The number of rotatable bonds is 3. The average molecular weight is 256 g/mol. The van der Waals surface area contributed by atoms with Crippen LogP contribution in [-0.4, -0.2) is 61.5 Å². The first kappa shape index (κ1) is 15.0. The number of nitrogens with zero attached hydrogens (tertiary/aromatic N) is 2. The van der Waals surface area contributed by atoms with E-state index in [9.17, 15) is 9.59 Å². The molecule has 0 aliphatic carbocycles. The van der Waals surface area contributed by atoms with E-state index in [1.165, 1.54) is 7.11 Å². The first-order chi connectivity index (χ1) is 8.30. The molecule has 1 atom stereocenters. The van der Waals surface area contributed by atoms with E-state index in [-0.39, 0.29) is 23.7 Å². The highest BCUT2D eigenvalue weighted by atomic mass is 16.5. The highest BCUT2D eigenvalue weighted by Gasteiger charge is 2.38. The summed E-state index contributed by atoms with van der Waals surface area (Å²) in [5, 5.41) is 0. The molecule has 0 aromatic carbocycles. The lowest BCUT2D eigenvalue weighted by Gasteiger charge is -2.31. The maximum atomic E-state index is 12.3. The van der Waals surface area contributed by atoms with Crippen LogP contribution in [0.15, 0.2) is 0 Å². The van der Waals surface area contributed by atoms with Crippen LogP contribution in [0.3, 0.4) is 0 Å². The molecule has 0 aromatic heterocycles. The normalized spacial score (nSPS) is 24.8.